The van der Waals surface area contributed by atoms with Crippen LogP contribution in [0.4, 0.5) is 10.5 Å². The number of amides is 1. The van der Waals surface area contributed by atoms with E-state index in [1.54, 1.807) is 24.3 Å². The van der Waals surface area contributed by atoms with E-state index in [0.717, 1.165) is 5.56 Å². The second kappa shape index (κ2) is 6.49. The van der Waals surface area contributed by atoms with Gasteiger partial charge in [0.05, 0.1) is 13.7 Å². The molecule has 0 heterocycles. The van der Waals surface area contributed by atoms with Crippen molar-refractivity contribution in [3.05, 3.63) is 29.8 Å². The Morgan fingerprint density at radius 1 is 1.44 bits per heavy atom. The Bertz CT molecular complexity index is 401. The van der Waals surface area contributed by atoms with Crippen LogP contribution in [0.2, 0.25) is 0 Å². The van der Waals surface area contributed by atoms with E-state index in [1.807, 2.05) is 0 Å². The van der Waals surface area contributed by atoms with Gasteiger partial charge in [0.1, 0.15) is 0 Å². The first-order valence-corrected chi connectivity index (χ1v) is 4.81. The normalized spacial score (nSPS) is 8.88. The van der Waals surface area contributed by atoms with Crippen LogP contribution in [0.1, 0.15) is 12.0 Å². The van der Waals surface area contributed by atoms with Crippen molar-refractivity contribution < 1.29 is 14.6 Å². The van der Waals surface area contributed by atoms with Crippen LogP contribution in [0.3, 0.4) is 0 Å². The standard InChI is InChI=1S/C12H13NO3/c1-16-12(15)13-11-7-5-10(6-8-11)4-2-3-9-14/h5-8,14H,3,9H2,1H3,(H,13,15). The van der Waals surface area contributed by atoms with Crippen LogP contribution >= 0.6 is 0 Å². The van der Waals surface area contributed by atoms with Gasteiger partial charge in [-0.2, -0.15) is 0 Å². The lowest BCUT2D eigenvalue weighted by Gasteiger charge is -2.02. The fourth-order valence-electron chi connectivity index (χ4n) is 1.03. The number of anilines is 1. The van der Waals surface area contributed by atoms with Crippen molar-refractivity contribution in [2.45, 2.75) is 6.42 Å². The summed E-state index contributed by atoms with van der Waals surface area (Å²) in [6.07, 6.45) is -0.0403. The van der Waals surface area contributed by atoms with E-state index in [2.05, 4.69) is 21.9 Å². The molecule has 16 heavy (non-hydrogen) atoms. The highest BCUT2D eigenvalue weighted by Gasteiger charge is 1.98. The monoisotopic (exact) mass is 219 g/mol. The average Bonchev–Trinajstić information content (AvgIpc) is 2.31. The number of hydrogen-bond acceptors (Lipinski definition) is 3. The number of carbonyl (C=O) groups excluding carboxylic acids is 1. The lowest BCUT2D eigenvalue weighted by atomic mass is 10.2. The Hall–Kier alpha value is -1.99. The third-order valence-corrected chi connectivity index (χ3v) is 1.79. The summed E-state index contributed by atoms with van der Waals surface area (Å²) in [5, 5.41) is 11.1. The molecule has 0 saturated carbocycles. The summed E-state index contributed by atoms with van der Waals surface area (Å²) in [5.41, 5.74) is 1.49. The minimum atomic E-state index is -0.501. The summed E-state index contributed by atoms with van der Waals surface area (Å²) < 4.78 is 4.46. The number of methoxy groups -OCH3 is 1. The van der Waals surface area contributed by atoms with Crippen molar-refractivity contribution >= 4 is 11.8 Å². The maximum Gasteiger partial charge on any atom is 0.411 e. The van der Waals surface area contributed by atoms with E-state index < -0.39 is 6.09 Å². The second-order valence-corrected chi connectivity index (χ2v) is 2.97. The molecule has 0 radical (unpaired) electrons. The summed E-state index contributed by atoms with van der Waals surface area (Å²) in [5.74, 6) is 5.70. The zero-order valence-electron chi connectivity index (χ0n) is 8.99. The second-order valence-electron chi connectivity index (χ2n) is 2.97. The zero-order chi connectivity index (χ0) is 11.8. The molecule has 1 aromatic carbocycles. The average molecular weight is 219 g/mol. The van der Waals surface area contributed by atoms with Gasteiger partial charge in [-0.05, 0) is 24.3 Å². The Kier molecular flexibility index (Phi) is 4.90. The highest BCUT2D eigenvalue weighted by molar-refractivity contribution is 5.84. The molecule has 0 aliphatic rings. The fraction of sp³-hybridized carbons (Fsp3) is 0.250. The number of ether oxygens (including phenoxy) is 1. The molecule has 0 unspecified atom stereocenters. The zero-order valence-corrected chi connectivity index (χ0v) is 8.99. The highest BCUT2D eigenvalue weighted by Crippen LogP contribution is 2.08. The highest BCUT2D eigenvalue weighted by atomic mass is 16.5. The summed E-state index contributed by atoms with van der Waals surface area (Å²) >= 11 is 0. The molecule has 0 spiro atoms. The summed E-state index contributed by atoms with van der Waals surface area (Å²) in [4.78, 5) is 10.9. The van der Waals surface area contributed by atoms with Gasteiger partial charge in [-0.25, -0.2) is 4.79 Å². The van der Waals surface area contributed by atoms with Crippen molar-refractivity contribution in [2.75, 3.05) is 19.0 Å². The SMILES string of the molecule is COC(=O)Nc1ccc(C#CCCO)cc1. The molecule has 0 saturated heterocycles. The van der Waals surface area contributed by atoms with E-state index in [1.165, 1.54) is 7.11 Å². The fourth-order valence-corrected chi connectivity index (χ4v) is 1.03. The van der Waals surface area contributed by atoms with E-state index >= 15 is 0 Å². The number of aliphatic hydroxyl groups excluding tert-OH is 1. The van der Waals surface area contributed by atoms with Crippen molar-refractivity contribution in [1.82, 2.24) is 0 Å². The summed E-state index contributed by atoms with van der Waals surface area (Å²) in [6, 6.07) is 7.05. The Morgan fingerprint density at radius 2 is 2.12 bits per heavy atom. The molecular formula is C12H13NO3. The Labute approximate surface area is 94.2 Å². The molecule has 84 valence electrons. The van der Waals surface area contributed by atoms with Crippen LogP contribution in [0.5, 0.6) is 0 Å². The molecule has 0 aromatic heterocycles. The molecule has 0 fully saturated rings. The van der Waals surface area contributed by atoms with Gasteiger partial charge in [0, 0.05) is 17.7 Å². The van der Waals surface area contributed by atoms with Crippen LogP contribution in [0.25, 0.3) is 0 Å². The summed E-state index contributed by atoms with van der Waals surface area (Å²) in [7, 11) is 1.31. The number of rotatable bonds is 2. The van der Waals surface area contributed by atoms with Gasteiger partial charge >= 0.3 is 6.09 Å². The third-order valence-electron chi connectivity index (χ3n) is 1.79. The van der Waals surface area contributed by atoms with Crippen molar-refractivity contribution in [3.63, 3.8) is 0 Å². The van der Waals surface area contributed by atoms with Gasteiger partial charge in [0.2, 0.25) is 0 Å². The minimum Gasteiger partial charge on any atom is -0.453 e. The first-order valence-electron chi connectivity index (χ1n) is 4.81. The first-order chi connectivity index (χ1) is 7.76. The molecular weight excluding hydrogens is 206 g/mol. The molecule has 0 atom stereocenters. The number of aliphatic hydroxyl groups is 1. The van der Waals surface area contributed by atoms with E-state index in [4.69, 9.17) is 5.11 Å². The maximum atomic E-state index is 10.9. The lowest BCUT2D eigenvalue weighted by molar-refractivity contribution is 0.187. The van der Waals surface area contributed by atoms with Gasteiger partial charge in [-0.3, -0.25) is 5.32 Å². The van der Waals surface area contributed by atoms with Crippen LogP contribution in [0, 0.1) is 11.8 Å². The summed E-state index contributed by atoms with van der Waals surface area (Å²) in [6.45, 7) is 0.0645. The molecule has 0 bridgehead atoms. The molecule has 4 heteroatoms. The van der Waals surface area contributed by atoms with Crippen LogP contribution in [-0.4, -0.2) is 24.9 Å². The van der Waals surface area contributed by atoms with Crippen LogP contribution < -0.4 is 5.32 Å². The molecule has 1 rings (SSSR count). The van der Waals surface area contributed by atoms with Gasteiger partial charge < -0.3 is 9.84 Å². The van der Waals surface area contributed by atoms with Crippen molar-refractivity contribution in [2.24, 2.45) is 0 Å². The lowest BCUT2D eigenvalue weighted by Crippen LogP contribution is -2.10. The topological polar surface area (TPSA) is 58.6 Å². The predicted octanol–water partition coefficient (Wildman–Crippen LogP) is 1.60. The van der Waals surface area contributed by atoms with Crippen molar-refractivity contribution in [3.8, 4) is 11.8 Å². The Morgan fingerprint density at radius 3 is 2.69 bits per heavy atom. The van der Waals surface area contributed by atoms with E-state index in [0.29, 0.717) is 12.1 Å². The van der Waals surface area contributed by atoms with Crippen LogP contribution in [0.15, 0.2) is 24.3 Å². The number of hydrogen-bond donors (Lipinski definition) is 2. The smallest absolute Gasteiger partial charge is 0.411 e. The maximum absolute atomic E-state index is 10.9. The number of benzene rings is 1. The molecule has 2 N–H and O–H groups in total. The van der Waals surface area contributed by atoms with Crippen molar-refractivity contribution in [1.29, 1.82) is 0 Å². The number of carbonyl (C=O) groups is 1. The molecule has 1 aromatic rings. The first kappa shape index (κ1) is 12.1. The van der Waals surface area contributed by atoms with Gasteiger partial charge in [0.15, 0.2) is 0 Å². The molecule has 4 nitrogen and oxygen atoms in total. The predicted molar refractivity (Wildman–Crippen MR) is 61.1 cm³/mol. The third kappa shape index (κ3) is 4.03. The molecule has 1 amide bonds. The Balaban J connectivity index is 2.62. The quantitative estimate of drug-likeness (QED) is 0.743. The number of nitrogens with one attached hydrogen (secondary N) is 1. The van der Waals surface area contributed by atoms with Gasteiger partial charge in [-0.15, -0.1) is 0 Å². The van der Waals surface area contributed by atoms with Crippen LogP contribution in [-0.2, 0) is 4.74 Å². The van der Waals surface area contributed by atoms with Gasteiger partial charge in [-0.1, -0.05) is 11.8 Å². The molecule has 0 aliphatic carbocycles. The minimum absolute atomic E-state index is 0.0645. The largest absolute Gasteiger partial charge is 0.453 e. The van der Waals surface area contributed by atoms with E-state index in [9.17, 15) is 4.79 Å². The van der Waals surface area contributed by atoms with E-state index in [-0.39, 0.29) is 6.61 Å². The van der Waals surface area contributed by atoms with Gasteiger partial charge in [0.25, 0.3) is 0 Å². The molecule has 0 aliphatic heterocycles.